The van der Waals surface area contributed by atoms with Gasteiger partial charge in [0.05, 0.1) is 22.1 Å². The smallest absolute Gasteiger partial charge is 0.375 e. The minimum atomic E-state index is -4.33. The number of amides is 1. The Morgan fingerprint density at radius 2 is 2.00 bits per heavy atom. The second-order valence-corrected chi connectivity index (χ2v) is 5.69. The van der Waals surface area contributed by atoms with Crippen LogP contribution in [0.4, 0.5) is 24.5 Å². The summed E-state index contributed by atoms with van der Waals surface area (Å²) in [7, 11) is 0. The van der Waals surface area contributed by atoms with E-state index in [9.17, 15) is 18.0 Å². The van der Waals surface area contributed by atoms with Gasteiger partial charge in [-0.3, -0.25) is 4.79 Å². The molecule has 1 amide bonds. The van der Waals surface area contributed by atoms with Crippen molar-refractivity contribution in [3.8, 4) is 0 Å². The van der Waals surface area contributed by atoms with Crippen LogP contribution in [0.3, 0.4) is 0 Å². The maximum atomic E-state index is 12.3. The van der Waals surface area contributed by atoms with Crippen LogP contribution in [0, 0.1) is 6.92 Å². The van der Waals surface area contributed by atoms with E-state index in [2.05, 4.69) is 15.6 Å². The normalized spacial score (nSPS) is 11.7. The predicted octanol–water partition coefficient (Wildman–Crippen LogP) is 4.08. The summed E-state index contributed by atoms with van der Waals surface area (Å²) < 4.78 is 36.8. The lowest BCUT2D eigenvalue weighted by molar-refractivity contribution is -0.115. The standard InChI is InChI=1S/C15H14F3N3OS/c1-10-20-11(8-23-10)6-7-14(22)21-13-5-3-2-4-12(13)19-9-15(16,17)18/h2-8,19H,9H2,1H3,(H,21,22). The number of carbonyl (C=O) groups is 1. The van der Waals surface area contributed by atoms with E-state index in [1.54, 1.807) is 23.6 Å². The molecule has 0 spiro atoms. The molecule has 4 nitrogen and oxygen atoms in total. The number of hydrogen-bond acceptors (Lipinski definition) is 4. The van der Waals surface area contributed by atoms with Crippen LogP contribution in [0.5, 0.6) is 0 Å². The Bertz CT molecular complexity index is 710. The van der Waals surface area contributed by atoms with E-state index in [4.69, 9.17) is 0 Å². The minimum Gasteiger partial charge on any atom is -0.375 e. The Balaban J connectivity index is 2.01. The summed E-state index contributed by atoms with van der Waals surface area (Å²) >= 11 is 1.46. The summed E-state index contributed by atoms with van der Waals surface area (Å²) in [6.07, 6.45) is -1.50. The molecular formula is C15H14F3N3OS. The predicted molar refractivity (Wildman–Crippen MR) is 85.5 cm³/mol. The highest BCUT2D eigenvalue weighted by Gasteiger charge is 2.26. The van der Waals surface area contributed by atoms with E-state index in [-0.39, 0.29) is 11.4 Å². The summed E-state index contributed by atoms with van der Waals surface area (Å²) in [6, 6.07) is 6.20. The van der Waals surface area contributed by atoms with Crippen molar-refractivity contribution in [2.75, 3.05) is 17.2 Å². The summed E-state index contributed by atoms with van der Waals surface area (Å²) in [5, 5.41) is 7.49. The van der Waals surface area contributed by atoms with Gasteiger partial charge in [-0.25, -0.2) is 4.98 Å². The molecule has 0 radical (unpaired) electrons. The van der Waals surface area contributed by atoms with E-state index in [1.165, 1.54) is 29.5 Å². The van der Waals surface area contributed by atoms with Gasteiger partial charge in [-0.05, 0) is 25.1 Å². The number of nitrogens with zero attached hydrogens (tertiary/aromatic N) is 1. The van der Waals surface area contributed by atoms with E-state index >= 15 is 0 Å². The number of rotatable bonds is 5. The molecule has 0 bridgehead atoms. The monoisotopic (exact) mass is 341 g/mol. The molecule has 0 aliphatic rings. The first-order valence-electron chi connectivity index (χ1n) is 6.64. The van der Waals surface area contributed by atoms with Crippen molar-refractivity contribution in [3.63, 3.8) is 0 Å². The van der Waals surface area contributed by atoms with Gasteiger partial charge in [0.15, 0.2) is 0 Å². The highest BCUT2D eigenvalue weighted by Crippen LogP contribution is 2.23. The number of halogens is 3. The Morgan fingerprint density at radius 1 is 1.30 bits per heavy atom. The molecule has 1 heterocycles. The SMILES string of the molecule is Cc1nc(C=CC(=O)Nc2ccccc2NCC(F)(F)F)cs1. The highest BCUT2D eigenvalue weighted by atomic mass is 32.1. The van der Waals surface area contributed by atoms with Crippen LogP contribution in [0.25, 0.3) is 6.08 Å². The van der Waals surface area contributed by atoms with Crippen molar-refractivity contribution in [2.45, 2.75) is 13.1 Å². The van der Waals surface area contributed by atoms with E-state index in [0.717, 1.165) is 5.01 Å². The van der Waals surface area contributed by atoms with Crippen LogP contribution in [-0.4, -0.2) is 23.6 Å². The number of carbonyl (C=O) groups excluding carboxylic acids is 1. The lowest BCUT2D eigenvalue weighted by Gasteiger charge is -2.13. The molecule has 1 aromatic heterocycles. The zero-order chi connectivity index (χ0) is 16.9. The molecule has 2 aromatic rings. The molecule has 0 atom stereocenters. The fourth-order valence-corrected chi connectivity index (χ4v) is 2.31. The average molecular weight is 341 g/mol. The Morgan fingerprint density at radius 3 is 2.61 bits per heavy atom. The summed E-state index contributed by atoms with van der Waals surface area (Å²) in [5.41, 5.74) is 1.14. The van der Waals surface area contributed by atoms with Gasteiger partial charge >= 0.3 is 6.18 Å². The number of nitrogens with one attached hydrogen (secondary N) is 2. The average Bonchev–Trinajstić information content (AvgIpc) is 2.89. The number of aromatic nitrogens is 1. The van der Waals surface area contributed by atoms with E-state index in [1.807, 2.05) is 6.92 Å². The first-order chi connectivity index (χ1) is 10.8. The summed E-state index contributed by atoms with van der Waals surface area (Å²) in [4.78, 5) is 16.1. The topological polar surface area (TPSA) is 54.0 Å². The fraction of sp³-hybridized carbons (Fsp3) is 0.200. The molecule has 0 saturated heterocycles. The first kappa shape index (κ1) is 17.0. The molecule has 0 aliphatic heterocycles. The largest absolute Gasteiger partial charge is 0.405 e. The van der Waals surface area contributed by atoms with Crippen LogP contribution < -0.4 is 10.6 Å². The molecular weight excluding hydrogens is 327 g/mol. The molecule has 0 fully saturated rings. The highest BCUT2D eigenvalue weighted by molar-refractivity contribution is 7.09. The fourth-order valence-electron chi connectivity index (χ4n) is 1.73. The van der Waals surface area contributed by atoms with Crippen LogP contribution in [-0.2, 0) is 4.79 Å². The Hall–Kier alpha value is -2.35. The number of hydrogen-bond donors (Lipinski definition) is 2. The van der Waals surface area contributed by atoms with Gasteiger partial charge in [0.25, 0.3) is 0 Å². The number of thiazole rings is 1. The Labute approximate surface area is 135 Å². The lowest BCUT2D eigenvalue weighted by Crippen LogP contribution is -2.22. The molecule has 122 valence electrons. The second-order valence-electron chi connectivity index (χ2n) is 4.63. The number of benzene rings is 1. The van der Waals surface area contributed by atoms with Crippen molar-refractivity contribution in [3.05, 3.63) is 46.4 Å². The zero-order valence-corrected chi connectivity index (χ0v) is 13.0. The van der Waals surface area contributed by atoms with E-state index in [0.29, 0.717) is 5.69 Å². The first-order valence-corrected chi connectivity index (χ1v) is 7.52. The third-order valence-corrected chi connectivity index (χ3v) is 3.50. The number of para-hydroxylation sites is 2. The minimum absolute atomic E-state index is 0.205. The quantitative estimate of drug-likeness (QED) is 0.806. The molecule has 2 rings (SSSR count). The molecule has 2 N–H and O–H groups in total. The van der Waals surface area contributed by atoms with Crippen molar-refractivity contribution in [1.82, 2.24) is 4.98 Å². The summed E-state index contributed by atoms with van der Waals surface area (Å²) in [5.74, 6) is -0.447. The number of anilines is 2. The van der Waals surface area contributed by atoms with Crippen LogP contribution in [0.2, 0.25) is 0 Å². The summed E-state index contributed by atoms with van der Waals surface area (Å²) in [6.45, 7) is 0.679. The lowest BCUT2D eigenvalue weighted by atomic mass is 10.2. The van der Waals surface area contributed by atoms with Gasteiger partial charge in [-0.1, -0.05) is 12.1 Å². The molecule has 0 saturated carbocycles. The van der Waals surface area contributed by atoms with Crippen LogP contribution >= 0.6 is 11.3 Å². The van der Waals surface area contributed by atoms with Gasteiger partial charge < -0.3 is 10.6 Å². The van der Waals surface area contributed by atoms with Gasteiger partial charge in [-0.2, -0.15) is 13.2 Å². The van der Waals surface area contributed by atoms with Crippen LogP contribution in [0.1, 0.15) is 10.7 Å². The maximum Gasteiger partial charge on any atom is 0.405 e. The van der Waals surface area contributed by atoms with Crippen molar-refractivity contribution in [1.29, 1.82) is 0 Å². The van der Waals surface area contributed by atoms with Gasteiger partial charge in [0, 0.05) is 11.5 Å². The Kier molecular flexibility index (Phi) is 5.38. The third kappa shape index (κ3) is 5.74. The van der Waals surface area contributed by atoms with Gasteiger partial charge in [0.2, 0.25) is 5.91 Å². The van der Waals surface area contributed by atoms with Crippen LogP contribution in [0.15, 0.2) is 35.7 Å². The molecule has 23 heavy (non-hydrogen) atoms. The van der Waals surface area contributed by atoms with Gasteiger partial charge in [0.1, 0.15) is 6.54 Å². The number of aryl methyl sites for hydroxylation is 1. The second kappa shape index (κ2) is 7.28. The zero-order valence-electron chi connectivity index (χ0n) is 12.1. The third-order valence-electron chi connectivity index (χ3n) is 2.71. The molecule has 1 aromatic carbocycles. The van der Waals surface area contributed by atoms with E-state index < -0.39 is 18.6 Å². The van der Waals surface area contributed by atoms with Crippen molar-refractivity contribution >= 4 is 34.7 Å². The van der Waals surface area contributed by atoms with Crippen molar-refractivity contribution < 1.29 is 18.0 Å². The van der Waals surface area contributed by atoms with Crippen molar-refractivity contribution in [2.24, 2.45) is 0 Å². The number of alkyl halides is 3. The molecule has 0 aliphatic carbocycles. The maximum absolute atomic E-state index is 12.3. The molecule has 0 unspecified atom stereocenters. The molecule has 8 heteroatoms. The van der Waals surface area contributed by atoms with Gasteiger partial charge in [-0.15, -0.1) is 11.3 Å².